The second kappa shape index (κ2) is 9.84. The van der Waals surface area contributed by atoms with E-state index >= 15 is 4.39 Å². The molecule has 9 nitrogen and oxygen atoms in total. The minimum Gasteiger partial charge on any atom is -0.459 e. The number of benzene rings is 2. The molecule has 1 saturated heterocycles. The molecule has 1 fully saturated rings. The molecule has 1 aliphatic heterocycles. The van der Waals surface area contributed by atoms with Crippen LogP contribution in [0.4, 0.5) is 4.39 Å². The Bertz CT molecular complexity index is 1290. The van der Waals surface area contributed by atoms with Gasteiger partial charge in [-0.1, -0.05) is 36.4 Å². The lowest BCUT2D eigenvalue weighted by Crippen LogP contribution is -2.38. The number of H-pyrrole nitrogens is 1. The van der Waals surface area contributed by atoms with Crippen LogP contribution < -0.4 is 11.2 Å². The van der Waals surface area contributed by atoms with Crippen LogP contribution in [0.1, 0.15) is 32.5 Å². The number of hydrogen-bond donors (Lipinski definition) is 1. The lowest BCUT2D eigenvalue weighted by Gasteiger charge is -2.19. The molecule has 0 aliphatic carbocycles. The van der Waals surface area contributed by atoms with Crippen molar-refractivity contribution in [2.75, 3.05) is 6.61 Å². The molecule has 0 bridgehead atoms. The Hall–Kier alpha value is -4.05. The van der Waals surface area contributed by atoms with Crippen LogP contribution >= 0.6 is 0 Å². The first-order chi connectivity index (χ1) is 16.3. The Morgan fingerprint density at radius 1 is 1.00 bits per heavy atom. The Morgan fingerprint density at radius 3 is 2.21 bits per heavy atom. The average Bonchev–Trinajstić information content (AvgIpc) is 3.15. The normalized spacial score (nSPS) is 21.7. The number of ether oxygens (including phenoxy) is 3. The number of nitrogens with one attached hydrogen (secondary N) is 1. The largest absolute Gasteiger partial charge is 0.459 e. The number of alkyl halides is 1. The zero-order chi connectivity index (χ0) is 24.2. The zero-order valence-corrected chi connectivity index (χ0v) is 18.1. The van der Waals surface area contributed by atoms with Gasteiger partial charge >= 0.3 is 17.6 Å². The number of rotatable bonds is 6. The van der Waals surface area contributed by atoms with Crippen LogP contribution in [-0.2, 0) is 14.2 Å². The van der Waals surface area contributed by atoms with Gasteiger partial charge in [-0.2, -0.15) is 0 Å². The van der Waals surface area contributed by atoms with E-state index in [4.69, 9.17) is 14.2 Å². The van der Waals surface area contributed by atoms with Crippen LogP contribution in [-0.4, -0.2) is 46.5 Å². The Kier molecular flexibility index (Phi) is 6.69. The Morgan fingerprint density at radius 2 is 1.59 bits per heavy atom. The van der Waals surface area contributed by atoms with Crippen LogP contribution in [0.3, 0.4) is 0 Å². The highest BCUT2D eigenvalue weighted by Crippen LogP contribution is 2.34. The molecule has 1 aromatic heterocycles. The van der Waals surface area contributed by atoms with E-state index in [9.17, 15) is 19.2 Å². The molecule has 1 N–H and O–H groups in total. The highest BCUT2D eigenvalue weighted by molar-refractivity contribution is 5.90. The fraction of sp³-hybridized carbons (Fsp3) is 0.250. The number of halogens is 1. The SMILES string of the molecule is Cc1cn([C@H]2O[C@@H](COC(=O)c3ccccc3)C(OC(=O)c3ccccc3)C2F)c(=O)[nH]c1=O. The molecule has 0 saturated carbocycles. The molecule has 10 heteroatoms. The summed E-state index contributed by atoms with van der Waals surface area (Å²) in [7, 11) is 0. The molecule has 34 heavy (non-hydrogen) atoms. The van der Waals surface area contributed by atoms with Gasteiger partial charge in [0.25, 0.3) is 5.56 Å². The molecule has 0 spiro atoms. The van der Waals surface area contributed by atoms with Gasteiger partial charge in [0.1, 0.15) is 12.7 Å². The summed E-state index contributed by atoms with van der Waals surface area (Å²) < 4.78 is 32.7. The predicted molar refractivity (Wildman–Crippen MR) is 117 cm³/mol. The summed E-state index contributed by atoms with van der Waals surface area (Å²) in [6.07, 6.45) is -5.04. The number of aromatic nitrogens is 2. The molecule has 176 valence electrons. The van der Waals surface area contributed by atoms with Gasteiger partial charge in [0.15, 0.2) is 18.5 Å². The first-order valence-corrected chi connectivity index (χ1v) is 10.4. The lowest BCUT2D eigenvalue weighted by atomic mass is 10.1. The minimum absolute atomic E-state index is 0.159. The van der Waals surface area contributed by atoms with Crippen molar-refractivity contribution in [2.45, 2.75) is 31.5 Å². The van der Waals surface area contributed by atoms with Gasteiger partial charge in [0.05, 0.1) is 11.1 Å². The van der Waals surface area contributed by atoms with Gasteiger partial charge in [-0.3, -0.25) is 14.3 Å². The third kappa shape index (κ3) is 4.81. The molecule has 1 aliphatic rings. The molecular formula is C24H21FN2O7. The molecule has 0 radical (unpaired) electrons. The number of aromatic amines is 1. The highest BCUT2D eigenvalue weighted by atomic mass is 19.1. The second-order valence-corrected chi connectivity index (χ2v) is 7.69. The molecule has 4 rings (SSSR count). The van der Waals surface area contributed by atoms with Crippen molar-refractivity contribution >= 4 is 11.9 Å². The van der Waals surface area contributed by atoms with Crippen LogP contribution in [0, 0.1) is 6.92 Å². The third-order valence-electron chi connectivity index (χ3n) is 5.33. The average molecular weight is 468 g/mol. The summed E-state index contributed by atoms with van der Waals surface area (Å²) in [6.45, 7) is 1.01. The fourth-order valence-corrected chi connectivity index (χ4v) is 3.55. The summed E-state index contributed by atoms with van der Waals surface area (Å²) >= 11 is 0. The van der Waals surface area contributed by atoms with Crippen molar-refractivity contribution in [1.82, 2.24) is 9.55 Å². The molecule has 3 aromatic rings. The summed E-state index contributed by atoms with van der Waals surface area (Å²) in [5.41, 5.74) is -0.880. The molecular weight excluding hydrogens is 447 g/mol. The van der Waals surface area contributed by atoms with Crippen molar-refractivity contribution in [1.29, 1.82) is 0 Å². The molecule has 2 unspecified atom stereocenters. The Balaban J connectivity index is 1.59. The quantitative estimate of drug-likeness (QED) is 0.551. The van der Waals surface area contributed by atoms with E-state index in [2.05, 4.69) is 4.98 Å². The van der Waals surface area contributed by atoms with Crippen molar-refractivity contribution in [3.8, 4) is 0 Å². The maximum atomic E-state index is 15.5. The number of aryl methyl sites for hydroxylation is 1. The van der Waals surface area contributed by atoms with Crippen molar-refractivity contribution in [3.05, 3.63) is 104 Å². The van der Waals surface area contributed by atoms with Gasteiger partial charge in [0.2, 0.25) is 0 Å². The van der Waals surface area contributed by atoms with Crippen molar-refractivity contribution < 1.29 is 28.2 Å². The van der Waals surface area contributed by atoms with E-state index in [0.717, 1.165) is 10.8 Å². The Labute approximate surface area is 192 Å². The van der Waals surface area contributed by atoms with Crippen LogP contribution in [0.5, 0.6) is 0 Å². The monoisotopic (exact) mass is 468 g/mol. The lowest BCUT2D eigenvalue weighted by molar-refractivity contribution is -0.0592. The number of hydrogen-bond acceptors (Lipinski definition) is 7. The summed E-state index contributed by atoms with van der Waals surface area (Å²) in [4.78, 5) is 51.0. The van der Waals surface area contributed by atoms with Crippen LogP contribution in [0.15, 0.2) is 76.4 Å². The van der Waals surface area contributed by atoms with E-state index in [1.165, 1.54) is 19.1 Å². The predicted octanol–water partition coefficient (Wildman–Crippen LogP) is 2.16. The summed E-state index contributed by atoms with van der Waals surface area (Å²) in [5.74, 6) is -1.48. The zero-order valence-electron chi connectivity index (χ0n) is 18.1. The smallest absolute Gasteiger partial charge is 0.338 e. The first kappa shape index (κ1) is 23.1. The van der Waals surface area contributed by atoms with E-state index in [1.54, 1.807) is 48.5 Å². The first-order valence-electron chi connectivity index (χ1n) is 10.4. The van der Waals surface area contributed by atoms with Crippen LogP contribution in [0.2, 0.25) is 0 Å². The fourth-order valence-electron chi connectivity index (χ4n) is 3.55. The van der Waals surface area contributed by atoms with Gasteiger partial charge in [-0.15, -0.1) is 0 Å². The highest BCUT2D eigenvalue weighted by Gasteiger charge is 2.49. The van der Waals surface area contributed by atoms with Gasteiger partial charge < -0.3 is 14.2 Å². The topological polar surface area (TPSA) is 117 Å². The third-order valence-corrected chi connectivity index (χ3v) is 5.33. The van der Waals surface area contributed by atoms with Crippen molar-refractivity contribution in [2.24, 2.45) is 0 Å². The number of carbonyl (C=O) groups excluding carboxylic acids is 2. The molecule has 2 heterocycles. The second-order valence-electron chi connectivity index (χ2n) is 7.69. The number of carbonyl (C=O) groups is 2. The van der Waals surface area contributed by atoms with Crippen LogP contribution in [0.25, 0.3) is 0 Å². The number of esters is 2. The van der Waals surface area contributed by atoms with E-state index in [-0.39, 0.29) is 16.7 Å². The van der Waals surface area contributed by atoms with Gasteiger partial charge in [0, 0.05) is 11.8 Å². The van der Waals surface area contributed by atoms with Gasteiger partial charge in [-0.05, 0) is 31.2 Å². The maximum absolute atomic E-state index is 15.5. The maximum Gasteiger partial charge on any atom is 0.338 e. The van der Waals surface area contributed by atoms with E-state index in [1.807, 2.05) is 0 Å². The summed E-state index contributed by atoms with van der Waals surface area (Å²) in [6, 6.07) is 16.1. The number of nitrogens with zero attached hydrogens (tertiary/aromatic N) is 1. The van der Waals surface area contributed by atoms with Crippen molar-refractivity contribution in [3.63, 3.8) is 0 Å². The van der Waals surface area contributed by atoms with E-state index < -0.39 is 54.4 Å². The molecule has 0 amide bonds. The molecule has 4 atom stereocenters. The molecule has 2 aromatic carbocycles. The summed E-state index contributed by atoms with van der Waals surface area (Å²) in [5, 5.41) is 0. The minimum atomic E-state index is -1.99. The van der Waals surface area contributed by atoms with E-state index in [0.29, 0.717) is 0 Å². The van der Waals surface area contributed by atoms with Gasteiger partial charge in [-0.25, -0.2) is 18.8 Å². The standard InChI is InChI=1S/C24H21FN2O7/c1-14-12-27(24(31)26-20(14)28)21-18(25)19(34-23(30)16-10-6-3-7-11-16)17(33-21)13-32-22(29)15-8-4-2-5-9-15/h2-12,17-19,21H,13H2,1H3,(H,26,28,31)/t17-,18?,19?,21-/m0/s1.